The zero-order valence-electron chi connectivity index (χ0n) is 23.1. The highest BCUT2D eigenvalue weighted by atomic mass is 16.6. The molecule has 3 saturated heterocycles. The van der Waals surface area contributed by atoms with Gasteiger partial charge in [-0.2, -0.15) is 0 Å². The fourth-order valence-corrected chi connectivity index (χ4v) is 5.14. The van der Waals surface area contributed by atoms with Crippen molar-refractivity contribution in [1.29, 1.82) is 0 Å². The number of carbonyl (C=O) groups excluding carboxylic acids is 3. The van der Waals surface area contributed by atoms with Gasteiger partial charge in [-0.3, -0.25) is 19.8 Å². The van der Waals surface area contributed by atoms with Crippen LogP contribution in [0.5, 0.6) is 0 Å². The molecule has 0 aromatic carbocycles. The smallest absolute Gasteiger partial charge is 0.303 e. The number of nitrogens with two attached hydrogens (primary N) is 1. The van der Waals surface area contributed by atoms with Gasteiger partial charge in [0.15, 0.2) is 0 Å². The molecule has 4 N–H and O–H groups in total. The Balaban J connectivity index is 1.47. The van der Waals surface area contributed by atoms with E-state index >= 15 is 0 Å². The summed E-state index contributed by atoms with van der Waals surface area (Å²) in [6, 6.07) is -0.0953. The average molecular weight is 534 g/mol. The van der Waals surface area contributed by atoms with Gasteiger partial charge in [0.05, 0.1) is 49.1 Å². The van der Waals surface area contributed by atoms with Gasteiger partial charge in [0, 0.05) is 25.8 Å². The van der Waals surface area contributed by atoms with Crippen molar-refractivity contribution in [1.82, 2.24) is 10.7 Å². The van der Waals surface area contributed by atoms with Crippen molar-refractivity contribution < 1.29 is 33.3 Å². The number of epoxide rings is 1. The van der Waals surface area contributed by atoms with Crippen LogP contribution in [0.15, 0.2) is 36.0 Å². The number of hydrogen-bond acceptors (Lipinski definition) is 8. The molecule has 38 heavy (non-hydrogen) atoms. The molecule has 10 heteroatoms. The largest absolute Gasteiger partial charge is 0.459 e. The average Bonchev–Trinajstić information content (AvgIpc) is 3.59. The first kappa shape index (κ1) is 30.0. The Morgan fingerprint density at radius 3 is 2.55 bits per heavy atom. The van der Waals surface area contributed by atoms with E-state index in [0.717, 1.165) is 24.8 Å². The molecule has 8 atom stereocenters. The molecule has 1 spiro atoms. The molecule has 3 heterocycles. The van der Waals surface area contributed by atoms with E-state index in [1.165, 1.54) is 13.0 Å². The third-order valence-corrected chi connectivity index (χ3v) is 7.33. The molecule has 3 aliphatic rings. The SMILES string of the molecule is CC(=O)O[C@@H](C)/C=C\C(=O)N[C@@H]1C[C@H](C)[C@H](C/C=C(C)/C=C/[C@@H]2C[C@@]3(CO3)C[C@@H](CC(=O)NN)O2)O[C@@H]1C. The van der Waals surface area contributed by atoms with Gasteiger partial charge in [0.2, 0.25) is 11.8 Å². The number of hydrogen-bond donors (Lipinski definition) is 3. The van der Waals surface area contributed by atoms with Crippen molar-refractivity contribution in [2.75, 3.05) is 6.61 Å². The summed E-state index contributed by atoms with van der Waals surface area (Å²) in [5.74, 6) is 4.63. The van der Waals surface area contributed by atoms with Crippen LogP contribution in [-0.2, 0) is 33.3 Å². The van der Waals surface area contributed by atoms with Crippen LogP contribution in [-0.4, -0.2) is 66.6 Å². The fourth-order valence-electron chi connectivity index (χ4n) is 5.14. The van der Waals surface area contributed by atoms with Gasteiger partial charge in [-0.1, -0.05) is 30.7 Å². The van der Waals surface area contributed by atoms with E-state index in [4.69, 9.17) is 24.8 Å². The molecule has 212 valence electrons. The number of allylic oxidation sites excluding steroid dienone is 2. The summed E-state index contributed by atoms with van der Waals surface area (Å²) in [4.78, 5) is 35.0. The normalized spacial score (nSPS) is 34.3. The summed E-state index contributed by atoms with van der Waals surface area (Å²) in [7, 11) is 0. The lowest BCUT2D eigenvalue weighted by molar-refractivity contribution is -0.143. The van der Waals surface area contributed by atoms with E-state index in [1.807, 2.05) is 19.9 Å². The predicted molar refractivity (Wildman–Crippen MR) is 141 cm³/mol. The lowest BCUT2D eigenvalue weighted by atomic mass is 9.88. The van der Waals surface area contributed by atoms with Crippen molar-refractivity contribution in [3.8, 4) is 0 Å². The summed E-state index contributed by atoms with van der Waals surface area (Å²) < 4.78 is 23.1. The Labute approximate surface area is 225 Å². The van der Waals surface area contributed by atoms with E-state index in [0.29, 0.717) is 13.0 Å². The van der Waals surface area contributed by atoms with E-state index < -0.39 is 6.10 Å². The maximum absolute atomic E-state index is 12.3. The molecule has 0 bridgehead atoms. The number of nitrogens with one attached hydrogen (secondary N) is 2. The van der Waals surface area contributed by atoms with Crippen LogP contribution in [0, 0.1) is 5.92 Å². The van der Waals surface area contributed by atoms with Gasteiger partial charge in [-0.05, 0) is 45.6 Å². The van der Waals surface area contributed by atoms with Crippen LogP contribution in [0.1, 0.15) is 66.7 Å². The number of carbonyl (C=O) groups is 3. The van der Waals surface area contributed by atoms with Crippen molar-refractivity contribution >= 4 is 17.8 Å². The highest BCUT2D eigenvalue weighted by molar-refractivity contribution is 5.87. The predicted octanol–water partition coefficient (Wildman–Crippen LogP) is 2.38. The molecule has 0 aromatic heterocycles. The summed E-state index contributed by atoms with van der Waals surface area (Å²) in [5, 5.41) is 3.01. The number of ether oxygens (including phenoxy) is 4. The second kappa shape index (κ2) is 13.5. The minimum atomic E-state index is -0.461. The monoisotopic (exact) mass is 533 g/mol. The van der Waals surface area contributed by atoms with Gasteiger partial charge in [0.25, 0.3) is 0 Å². The molecule has 3 rings (SSSR count). The second-order valence-corrected chi connectivity index (χ2v) is 10.9. The Morgan fingerprint density at radius 2 is 1.89 bits per heavy atom. The third kappa shape index (κ3) is 9.34. The summed E-state index contributed by atoms with van der Waals surface area (Å²) >= 11 is 0. The lowest BCUT2D eigenvalue weighted by Crippen LogP contribution is -2.50. The quantitative estimate of drug-likeness (QED) is 0.0739. The Hall–Kier alpha value is -2.53. The second-order valence-electron chi connectivity index (χ2n) is 10.9. The molecule has 0 unspecified atom stereocenters. The van der Waals surface area contributed by atoms with E-state index in [-0.39, 0.29) is 66.2 Å². The van der Waals surface area contributed by atoms with E-state index in [2.05, 4.69) is 29.8 Å². The number of esters is 1. The standard InChI is InChI=1S/C28H43N3O7/c1-17(6-9-22-14-28(16-35-28)15-23(38-22)13-27(34)31-29)7-10-25-18(2)12-24(20(4)37-25)30-26(33)11-8-19(3)36-21(5)32/h6-9,11,18-20,22-25H,10,12-16,29H2,1-5H3,(H,30,33)(H,31,34)/b9-6+,11-8-,17-7+/t18-,19-,20+,22+,23+,24+,25-,28-/m0/s1. The maximum atomic E-state index is 12.3. The van der Waals surface area contributed by atoms with E-state index in [9.17, 15) is 14.4 Å². The molecule has 0 aromatic rings. The van der Waals surface area contributed by atoms with Crippen molar-refractivity contribution in [2.45, 2.75) is 109 Å². The Bertz CT molecular complexity index is 943. The molecule has 0 saturated carbocycles. The first-order valence-electron chi connectivity index (χ1n) is 13.4. The Kier molecular flexibility index (Phi) is 10.7. The first-order chi connectivity index (χ1) is 18.0. The van der Waals surface area contributed by atoms with Crippen molar-refractivity contribution in [3.05, 3.63) is 36.0 Å². The van der Waals surface area contributed by atoms with Crippen molar-refractivity contribution in [2.24, 2.45) is 11.8 Å². The maximum Gasteiger partial charge on any atom is 0.303 e. The molecule has 3 fully saturated rings. The first-order valence-corrected chi connectivity index (χ1v) is 13.4. The van der Waals surface area contributed by atoms with Gasteiger partial charge in [0.1, 0.15) is 6.10 Å². The summed E-state index contributed by atoms with van der Waals surface area (Å²) in [6.07, 6.45) is 11.6. The van der Waals surface area contributed by atoms with Gasteiger partial charge in [-0.15, -0.1) is 0 Å². The zero-order chi connectivity index (χ0) is 27.9. The zero-order valence-corrected chi connectivity index (χ0v) is 23.1. The molecule has 0 radical (unpaired) electrons. The molecule has 3 aliphatic heterocycles. The minimum Gasteiger partial charge on any atom is -0.459 e. The topological polar surface area (TPSA) is 142 Å². The lowest BCUT2D eigenvalue weighted by Gasteiger charge is -2.39. The van der Waals surface area contributed by atoms with Gasteiger partial charge >= 0.3 is 5.97 Å². The number of amides is 2. The van der Waals surface area contributed by atoms with Crippen LogP contribution in [0.3, 0.4) is 0 Å². The molecule has 2 amide bonds. The highest BCUT2D eigenvalue weighted by Gasteiger charge is 2.51. The fraction of sp³-hybridized carbons (Fsp3) is 0.679. The molecule has 0 aliphatic carbocycles. The third-order valence-electron chi connectivity index (χ3n) is 7.33. The van der Waals surface area contributed by atoms with E-state index in [1.54, 1.807) is 13.0 Å². The van der Waals surface area contributed by atoms with Crippen LogP contribution in [0.2, 0.25) is 0 Å². The summed E-state index contributed by atoms with van der Waals surface area (Å²) in [6.45, 7) is 9.90. The van der Waals surface area contributed by atoms with Crippen LogP contribution in [0.25, 0.3) is 0 Å². The van der Waals surface area contributed by atoms with Crippen LogP contribution >= 0.6 is 0 Å². The van der Waals surface area contributed by atoms with Crippen LogP contribution in [0.4, 0.5) is 0 Å². The van der Waals surface area contributed by atoms with Crippen molar-refractivity contribution in [3.63, 3.8) is 0 Å². The van der Waals surface area contributed by atoms with Gasteiger partial charge < -0.3 is 24.3 Å². The Morgan fingerprint density at radius 1 is 1.16 bits per heavy atom. The highest BCUT2D eigenvalue weighted by Crippen LogP contribution is 2.43. The molecule has 10 nitrogen and oxygen atoms in total. The minimum absolute atomic E-state index is 0.0502. The van der Waals surface area contributed by atoms with Crippen LogP contribution < -0.4 is 16.6 Å². The van der Waals surface area contributed by atoms with Gasteiger partial charge in [-0.25, -0.2) is 5.84 Å². The molecular formula is C28H43N3O7. The summed E-state index contributed by atoms with van der Waals surface area (Å²) in [5.41, 5.74) is 3.10. The number of hydrazine groups is 1. The number of rotatable bonds is 10. The molecular weight excluding hydrogens is 490 g/mol.